The van der Waals surface area contributed by atoms with Gasteiger partial charge in [0.1, 0.15) is 22.7 Å². The van der Waals surface area contributed by atoms with Crippen LogP contribution in [0.15, 0.2) is 36.4 Å². The van der Waals surface area contributed by atoms with Crippen LogP contribution in [0.4, 0.5) is 0 Å². The number of aromatic nitrogens is 1. The molecule has 1 aliphatic rings. The largest absolute Gasteiger partial charge is 0.492 e. The van der Waals surface area contributed by atoms with Crippen molar-refractivity contribution in [2.24, 2.45) is 0 Å². The molecule has 0 saturated heterocycles. The summed E-state index contributed by atoms with van der Waals surface area (Å²) in [5, 5.41) is 0.888. The van der Waals surface area contributed by atoms with Crippen LogP contribution in [0, 0.1) is 0 Å². The predicted octanol–water partition coefficient (Wildman–Crippen LogP) is 3.78. The highest BCUT2D eigenvalue weighted by Crippen LogP contribution is 2.25. The van der Waals surface area contributed by atoms with Crippen molar-refractivity contribution < 1.29 is 4.74 Å². The van der Waals surface area contributed by atoms with Gasteiger partial charge in [-0.15, -0.1) is 0 Å². The third kappa shape index (κ3) is 3.06. The molecule has 5 heteroatoms. The van der Waals surface area contributed by atoms with Crippen LogP contribution in [0.5, 0.6) is 5.75 Å². The molecule has 1 aromatic carbocycles. The van der Waals surface area contributed by atoms with Gasteiger partial charge in [0, 0.05) is 30.8 Å². The van der Waals surface area contributed by atoms with E-state index in [1.54, 1.807) is 6.07 Å². The number of rotatable bonds is 2. The first kappa shape index (κ1) is 13.7. The molecule has 1 aliphatic heterocycles. The number of ether oxygens (including phenoxy) is 1. The molecule has 1 aromatic heterocycles. The maximum absolute atomic E-state index is 6.14. The first-order valence-electron chi connectivity index (χ1n) is 6.46. The molecule has 2 heterocycles. The Morgan fingerprint density at radius 2 is 2.00 bits per heavy atom. The van der Waals surface area contributed by atoms with E-state index in [0.717, 1.165) is 30.9 Å². The second-order valence-electron chi connectivity index (χ2n) is 4.75. The van der Waals surface area contributed by atoms with Crippen LogP contribution in [-0.2, 0) is 13.1 Å². The number of nitrogens with zero attached hydrogens (tertiary/aromatic N) is 2. The summed E-state index contributed by atoms with van der Waals surface area (Å²) in [5.41, 5.74) is 2.18. The highest BCUT2D eigenvalue weighted by Gasteiger charge is 2.16. The lowest BCUT2D eigenvalue weighted by Crippen LogP contribution is -2.25. The molecule has 0 N–H and O–H groups in total. The van der Waals surface area contributed by atoms with Gasteiger partial charge in [-0.25, -0.2) is 4.98 Å². The van der Waals surface area contributed by atoms with Gasteiger partial charge in [0.25, 0.3) is 0 Å². The Balaban J connectivity index is 1.78. The van der Waals surface area contributed by atoms with Crippen LogP contribution in [0.2, 0.25) is 10.3 Å². The average molecular weight is 309 g/mol. The normalized spacial score (nSPS) is 15.3. The highest BCUT2D eigenvalue weighted by atomic mass is 35.5. The SMILES string of the molecule is Clc1ccc(CN2CCOc3ccccc3C2)c(Cl)n1. The molecule has 0 atom stereocenters. The van der Waals surface area contributed by atoms with Crippen molar-refractivity contribution in [1.82, 2.24) is 9.88 Å². The lowest BCUT2D eigenvalue weighted by Gasteiger charge is -2.19. The summed E-state index contributed by atoms with van der Waals surface area (Å²) < 4.78 is 5.75. The molecule has 0 spiro atoms. The van der Waals surface area contributed by atoms with E-state index in [-0.39, 0.29) is 0 Å². The quantitative estimate of drug-likeness (QED) is 0.789. The van der Waals surface area contributed by atoms with E-state index in [1.807, 2.05) is 24.3 Å². The maximum atomic E-state index is 6.14. The van der Waals surface area contributed by atoms with Gasteiger partial charge in [-0.2, -0.15) is 0 Å². The van der Waals surface area contributed by atoms with Crippen LogP contribution in [0.25, 0.3) is 0 Å². The summed E-state index contributed by atoms with van der Waals surface area (Å²) >= 11 is 12.0. The maximum Gasteiger partial charge on any atom is 0.135 e. The van der Waals surface area contributed by atoms with Crippen molar-refractivity contribution in [3.8, 4) is 5.75 Å². The summed E-state index contributed by atoms with van der Waals surface area (Å²) in [6.07, 6.45) is 0. The molecule has 0 bridgehead atoms. The fourth-order valence-corrected chi connectivity index (χ4v) is 2.72. The van der Waals surface area contributed by atoms with E-state index >= 15 is 0 Å². The molecule has 0 saturated carbocycles. The van der Waals surface area contributed by atoms with Crippen LogP contribution < -0.4 is 4.74 Å². The fourth-order valence-electron chi connectivity index (χ4n) is 2.31. The number of hydrogen-bond acceptors (Lipinski definition) is 3. The van der Waals surface area contributed by atoms with E-state index in [4.69, 9.17) is 27.9 Å². The summed E-state index contributed by atoms with van der Waals surface area (Å²) in [6.45, 7) is 3.11. The van der Waals surface area contributed by atoms with Gasteiger partial charge in [-0.05, 0) is 12.1 Å². The minimum atomic E-state index is 0.420. The molecular weight excluding hydrogens is 295 g/mol. The zero-order valence-electron chi connectivity index (χ0n) is 10.9. The second-order valence-corrected chi connectivity index (χ2v) is 5.50. The first-order valence-corrected chi connectivity index (χ1v) is 7.22. The minimum Gasteiger partial charge on any atom is -0.492 e. The Kier molecular flexibility index (Phi) is 4.10. The van der Waals surface area contributed by atoms with Crippen molar-refractivity contribution in [2.45, 2.75) is 13.1 Å². The molecule has 0 radical (unpaired) electrons. The number of benzene rings is 1. The second kappa shape index (κ2) is 6.00. The summed E-state index contributed by atoms with van der Waals surface area (Å²) in [4.78, 5) is 6.37. The average Bonchev–Trinajstić information content (AvgIpc) is 2.63. The Labute approximate surface area is 128 Å². The molecule has 0 fully saturated rings. The zero-order valence-corrected chi connectivity index (χ0v) is 12.4. The molecule has 0 amide bonds. The van der Waals surface area contributed by atoms with E-state index < -0.39 is 0 Å². The fraction of sp³-hybridized carbons (Fsp3) is 0.267. The predicted molar refractivity (Wildman–Crippen MR) is 80.3 cm³/mol. The monoisotopic (exact) mass is 308 g/mol. The van der Waals surface area contributed by atoms with Crippen LogP contribution in [0.1, 0.15) is 11.1 Å². The third-order valence-corrected chi connectivity index (χ3v) is 3.86. The van der Waals surface area contributed by atoms with Gasteiger partial charge in [0.2, 0.25) is 0 Å². The lowest BCUT2D eigenvalue weighted by atomic mass is 10.2. The number of hydrogen-bond donors (Lipinski definition) is 0. The van der Waals surface area contributed by atoms with E-state index in [9.17, 15) is 0 Å². The van der Waals surface area contributed by atoms with Crippen molar-refractivity contribution in [1.29, 1.82) is 0 Å². The van der Waals surface area contributed by atoms with Crippen molar-refractivity contribution >= 4 is 23.2 Å². The van der Waals surface area contributed by atoms with Gasteiger partial charge in [0.05, 0.1) is 0 Å². The zero-order chi connectivity index (χ0) is 13.9. The molecule has 0 aliphatic carbocycles. The lowest BCUT2D eigenvalue weighted by molar-refractivity contribution is 0.219. The Morgan fingerprint density at radius 3 is 2.85 bits per heavy atom. The minimum absolute atomic E-state index is 0.420. The van der Waals surface area contributed by atoms with Crippen molar-refractivity contribution in [2.75, 3.05) is 13.2 Å². The van der Waals surface area contributed by atoms with Gasteiger partial charge < -0.3 is 4.74 Å². The molecule has 3 nitrogen and oxygen atoms in total. The Hall–Kier alpha value is -1.29. The molecule has 3 rings (SSSR count). The number of halogens is 2. The molecule has 20 heavy (non-hydrogen) atoms. The number of pyridine rings is 1. The molecule has 2 aromatic rings. The van der Waals surface area contributed by atoms with E-state index in [0.29, 0.717) is 16.9 Å². The number of fused-ring (bicyclic) bond motifs is 1. The van der Waals surface area contributed by atoms with Crippen molar-refractivity contribution in [3.05, 3.63) is 57.8 Å². The van der Waals surface area contributed by atoms with Crippen LogP contribution >= 0.6 is 23.2 Å². The van der Waals surface area contributed by atoms with Gasteiger partial charge in [0.15, 0.2) is 0 Å². The van der Waals surface area contributed by atoms with Crippen molar-refractivity contribution in [3.63, 3.8) is 0 Å². The highest BCUT2D eigenvalue weighted by molar-refractivity contribution is 6.32. The van der Waals surface area contributed by atoms with Gasteiger partial charge in [-0.1, -0.05) is 47.5 Å². The summed E-state index contributed by atoms with van der Waals surface area (Å²) in [7, 11) is 0. The smallest absolute Gasteiger partial charge is 0.135 e. The molecular formula is C15H14Cl2N2O. The van der Waals surface area contributed by atoms with Crippen LogP contribution in [-0.4, -0.2) is 23.0 Å². The molecule has 0 unspecified atom stereocenters. The van der Waals surface area contributed by atoms with E-state index in [1.165, 1.54) is 5.56 Å². The van der Waals surface area contributed by atoms with Crippen LogP contribution in [0.3, 0.4) is 0 Å². The van der Waals surface area contributed by atoms with E-state index in [2.05, 4.69) is 16.0 Å². The number of para-hydroxylation sites is 1. The Bertz CT molecular complexity index is 619. The summed E-state index contributed by atoms with van der Waals surface area (Å²) in [6, 6.07) is 11.8. The Morgan fingerprint density at radius 1 is 1.15 bits per heavy atom. The first-order chi connectivity index (χ1) is 9.72. The standard InChI is InChI=1S/C15H14Cl2N2O/c16-14-6-5-12(15(17)18-14)10-19-7-8-20-13-4-2-1-3-11(13)9-19/h1-6H,7-10H2. The third-order valence-electron chi connectivity index (χ3n) is 3.32. The topological polar surface area (TPSA) is 25.4 Å². The van der Waals surface area contributed by atoms with Gasteiger partial charge >= 0.3 is 0 Å². The molecule has 104 valence electrons. The summed E-state index contributed by atoms with van der Waals surface area (Å²) in [5.74, 6) is 0.968. The van der Waals surface area contributed by atoms with Gasteiger partial charge in [-0.3, -0.25) is 4.90 Å².